The van der Waals surface area contributed by atoms with Crippen LogP contribution in [0.15, 0.2) is 226 Å². The minimum atomic E-state index is 0.747. The molecule has 0 spiro atoms. The van der Waals surface area contributed by atoms with E-state index in [1.165, 1.54) is 33.4 Å². The zero-order valence-electron chi connectivity index (χ0n) is 50.9. The molecule has 0 unspecified atom stereocenters. The van der Waals surface area contributed by atoms with Gasteiger partial charge in [-0.25, -0.2) is 9.97 Å². The topological polar surface area (TPSA) is 94.3 Å². The number of aromatic nitrogens is 4. The molecule has 13 rings (SSSR count). The van der Waals surface area contributed by atoms with E-state index in [1.54, 1.807) is 28.4 Å². The monoisotopic (exact) mass is 1250 g/mol. The molecular weight excluding hydrogens is 1190 g/mol. The van der Waals surface area contributed by atoms with Gasteiger partial charge in [-0.1, -0.05) is 120 Å². The molecule has 0 fully saturated rings. The first kappa shape index (κ1) is 59.9. The van der Waals surface area contributed by atoms with Crippen LogP contribution in [0.1, 0.15) is 56.2 Å². The van der Waals surface area contributed by atoms with Gasteiger partial charge in [-0.15, -0.1) is 47.0 Å². The van der Waals surface area contributed by atoms with Gasteiger partial charge in [0.05, 0.1) is 51.2 Å². The summed E-state index contributed by atoms with van der Waals surface area (Å²) in [5.41, 5.74) is 22.6. The highest BCUT2D eigenvalue weighted by Gasteiger charge is 2.25. The molecule has 446 valence electrons. The van der Waals surface area contributed by atoms with Gasteiger partial charge in [-0.3, -0.25) is 0 Å². The second-order valence-electron chi connectivity index (χ2n) is 22.0. The van der Waals surface area contributed by atoms with Crippen LogP contribution >= 0.6 is 47.0 Å². The van der Waals surface area contributed by atoms with Crippen molar-refractivity contribution in [3.63, 3.8) is 0 Å². The summed E-state index contributed by atoms with van der Waals surface area (Å²) >= 11 is 7.33. The summed E-state index contributed by atoms with van der Waals surface area (Å²) in [7, 11) is 6.84. The number of benzene rings is 8. The quantitative estimate of drug-likeness (QED) is 0.0719. The number of hydrogen-bond acceptors (Lipinski definition) is 10. The number of aromatic amines is 2. The third kappa shape index (κ3) is 13.2. The van der Waals surface area contributed by atoms with Crippen LogP contribution in [0.5, 0.6) is 23.0 Å². The molecule has 5 heterocycles. The molecule has 8 bridgehead atoms. The Labute approximate surface area is 543 Å². The number of nitrogens with zero attached hydrogens (tertiary/aromatic N) is 2. The van der Waals surface area contributed by atoms with E-state index in [0.29, 0.717) is 0 Å². The molecule has 8 aromatic carbocycles. The summed E-state index contributed by atoms with van der Waals surface area (Å²) in [6.07, 6.45) is 8.81. The zero-order valence-corrected chi connectivity index (χ0v) is 54.2. The van der Waals surface area contributed by atoms with Gasteiger partial charge in [-0.2, -0.15) is 0 Å². The van der Waals surface area contributed by atoms with E-state index in [1.807, 2.05) is 95.6 Å². The molecule has 0 aliphatic carbocycles. The minimum Gasteiger partial charge on any atom is -0.497 e. The zero-order chi connectivity index (χ0) is 61.5. The predicted octanol–water partition coefficient (Wildman–Crippen LogP) is 21.1. The highest BCUT2D eigenvalue weighted by molar-refractivity contribution is 8.00. The van der Waals surface area contributed by atoms with Gasteiger partial charge >= 0.3 is 0 Å². The normalized spacial score (nSPS) is 11.7. The molecule has 2 aliphatic rings. The maximum absolute atomic E-state index is 5.83. The fraction of sp³-hybridized carbons (Fsp3) is 0.128. The van der Waals surface area contributed by atoms with Crippen molar-refractivity contribution in [3.8, 4) is 67.5 Å². The van der Waals surface area contributed by atoms with E-state index in [-0.39, 0.29) is 0 Å². The third-order valence-corrected chi connectivity index (χ3v) is 20.6. The van der Waals surface area contributed by atoms with Crippen LogP contribution < -0.4 is 18.9 Å². The number of hydrogen-bond donors (Lipinski definition) is 2. The summed E-state index contributed by atoms with van der Waals surface area (Å²) in [6.45, 7) is 4.27. The summed E-state index contributed by atoms with van der Waals surface area (Å²) in [5, 5.41) is 0. The van der Waals surface area contributed by atoms with Crippen molar-refractivity contribution in [3.05, 3.63) is 262 Å². The number of rotatable bonds is 20. The molecule has 90 heavy (non-hydrogen) atoms. The van der Waals surface area contributed by atoms with Gasteiger partial charge in [0.25, 0.3) is 0 Å². The number of fused-ring (bicyclic) bond motifs is 8. The van der Waals surface area contributed by atoms with E-state index in [2.05, 4.69) is 206 Å². The Balaban J connectivity index is 1.09. The molecule has 2 aliphatic heterocycles. The number of ether oxygens (including phenoxy) is 4. The van der Waals surface area contributed by atoms with Crippen LogP contribution in [0.2, 0.25) is 0 Å². The predicted molar refractivity (Wildman–Crippen MR) is 380 cm³/mol. The number of nitrogens with one attached hydrogen (secondary N) is 2. The summed E-state index contributed by atoms with van der Waals surface area (Å²) in [5.74, 6) is 6.32. The molecule has 2 N–H and O–H groups in total. The smallest absolute Gasteiger partial charge is 0.118 e. The second kappa shape index (κ2) is 27.4. The Morgan fingerprint density at radius 1 is 0.289 bits per heavy atom. The van der Waals surface area contributed by atoms with E-state index >= 15 is 0 Å². The van der Waals surface area contributed by atoms with Gasteiger partial charge in [0.15, 0.2) is 0 Å². The van der Waals surface area contributed by atoms with Gasteiger partial charge in [0.1, 0.15) is 23.0 Å². The van der Waals surface area contributed by atoms with Crippen molar-refractivity contribution in [1.82, 2.24) is 19.9 Å². The largest absolute Gasteiger partial charge is 0.497 e. The van der Waals surface area contributed by atoms with Crippen molar-refractivity contribution in [2.45, 2.75) is 56.4 Å². The SMILES string of the molecule is COc1ccc(CSc2cccc(SCc3ccc(OC)cc3)c2-c2c3nc(c(-c4ccc(C)cc4)c4ccc([nH]4)c(-c4c(SCc5ccc(OC)cc5)cccc4SCc4ccc(OC)cc4)c4nc(c(-c5ccc(C)cc5)c5ccc2[nH]5)C=C4)C=C3)cc1. The molecule has 8 nitrogen and oxygen atoms in total. The van der Waals surface area contributed by atoms with E-state index in [4.69, 9.17) is 28.9 Å². The van der Waals surface area contributed by atoms with E-state index in [9.17, 15) is 0 Å². The maximum atomic E-state index is 5.83. The molecule has 3 aromatic heterocycles. The van der Waals surface area contributed by atoms with Gasteiger partial charge < -0.3 is 28.9 Å². The Morgan fingerprint density at radius 3 is 0.811 bits per heavy atom. The van der Waals surface area contributed by atoms with Crippen molar-refractivity contribution in [2.24, 2.45) is 0 Å². The maximum Gasteiger partial charge on any atom is 0.118 e. The number of thioether (sulfide) groups is 4. The van der Waals surface area contributed by atoms with Crippen molar-refractivity contribution < 1.29 is 18.9 Å². The van der Waals surface area contributed by atoms with Crippen LogP contribution in [0.4, 0.5) is 0 Å². The summed E-state index contributed by atoms with van der Waals surface area (Å²) in [6, 6.07) is 73.5. The average Bonchev–Trinajstić information content (AvgIpc) is 2.27. The average molecular weight is 1250 g/mol. The van der Waals surface area contributed by atoms with Crippen LogP contribution in [-0.4, -0.2) is 48.4 Å². The first-order valence-electron chi connectivity index (χ1n) is 29.8. The first-order chi connectivity index (χ1) is 44.2. The molecule has 0 saturated carbocycles. The van der Waals surface area contributed by atoms with Crippen LogP contribution in [0.25, 0.3) is 90.9 Å². The standard InChI is InChI=1S/C78H66N4O4S4/c1-49-13-25-55(26-14-49)73-61-37-41-65(79-61)75(77-69(87-45-51-17-29-57(83-3)30-18-51)9-7-10-70(77)88-46-52-19-31-58(84-4)32-20-52)67-43-39-63(81-67)74(56-27-15-50(2)16-28-56)64-40-44-68(82-64)76(66-42-38-62(73)80-66)78-71(89-47-53-21-33-59(85-5)34-22-53)11-8-12-72(78)90-48-54-23-35-60(86-6)36-24-54/h7-44,79,82H,45-48H2,1-6H3. The number of H-pyrrole nitrogens is 2. The Kier molecular flexibility index (Phi) is 18.2. The Morgan fingerprint density at radius 2 is 0.544 bits per heavy atom. The third-order valence-electron chi connectivity index (χ3n) is 16.1. The van der Waals surface area contributed by atoms with Crippen LogP contribution in [-0.2, 0) is 23.0 Å². The van der Waals surface area contributed by atoms with Crippen LogP contribution in [0, 0.1) is 13.8 Å². The molecular formula is C78H66N4O4S4. The van der Waals surface area contributed by atoms with Gasteiger partial charge in [0, 0.05) is 98.0 Å². The molecule has 0 atom stereocenters. The second-order valence-corrected chi connectivity index (χ2v) is 26.1. The Bertz CT molecular complexity index is 4200. The lowest BCUT2D eigenvalue weighted by molar-refractivity contribution is 0.414. The molecule has 11 aromatic rings. The van der Waals surface area contributed by atoms with Crippen molar-refractivity contribution in [2.75, 3.05) is 28.4 Å². The molecule has 0 saturated heterocycles. The molecule has 0 radical (unpaired) electrons. The summed E-state index contributed by atoms with van der Waals surface area (Å²) < 4.78 is 22.3. The minimum absolute atomic E-state index is 0.747. The van der Waals surface area contributed by atoms with E-state index in [0.717, 1.165) is 155 Å². The van der Waals surface area contributed by atoms with Gasteiger partial charge in [0.2, 0.25) is 0 Å². The number of methoxy groups -OCH3 is 4. The van der Waals surface area contributed by atoms with Crippen LogP contribution in [0.3, 0.4) is 0 Å². The lowest BCUT2D eigenvalue weighted by Gasteiger charge is -2.17. The molecule has 0 amide bonds. The van der Waals surface area contributed by atoms with Crippen molar-refractivity contribution >= 4 is 93.4 Å². The highest BCUT2D eigenvalue weighted by Crippen LogP contribution is 2.48. The Hall–Kier alpha value is -9.04. The molecule has 12 heteroatoms. The van der Waals surface area contributed by atoms with Gasteiger partial charge in [-0.05, 0) is 169 Å². The highest BCUT2D eigenvalue weighted by atomic mass is 32.2. The van der Waals surface area contributed by atoms with E-state index < -0.39 is 0 Å². The lowest BCUT2D eigenvalue weighted by Crippen LogP contribution is -1.94. The fourth-order valence-electron chi connectivity index (χ4n) is 11.3. The summed E-state index contributed by atoms with van der Waals surface area (Å²) in [4.78, 5) is 24.4. The number of aryl methyl sites for hydroxylation is 2. The lowest BCUT2D eigenvalue weighted by atomic mass is 10.0. The fourth-order valence-corrected chi connectivity index (χ4v) is 15.6. The van der Waals surface area contributed by atoms with Crippen molar-refractivity contribution in [1.29, 1.82) is 0 Å². The first-order valence-corrected chi connectivity index (χ1v) is 33.7.